The van der Waals surface area contributed by atoms with Crippen LogP contribution in [0.3, 0.4) is 0 Å². The third-order valence-corrected chi connectivity index (χ3v) is 3.74. The van der Waals surface area contributed by atoms with Crippen molar-refractivity contribution >= 4 is 5.71 Å². The summed E-state index contributed by atoms with van der Waals surface area (Å²) in [5.74, 6) is -0.0136. The number of aliphatic hydroxyl groups is 2. The predicted molar refractivity (Wildman–Crippen MR) is 70.1 cm³/mol. The first-order chi connectivity index (χ1) is 8.77. The number of rotatable bonds is 4. The van der Waals surface area contributed by atoms with E-state index in [0.29, 0.717) is 0 Å². The first-order valence-electron chi connectivity index (χ1n) is 7.02. The van der Waals surface area contributed by atoms with Crippen LogP contribution < -0.4 is 0 Å². The van der Waals surface area contributed by atoms with Crippen LogP contribution in [-0.2, 0) is 4.84 Å². The third-order valence-electron chi connectivity index (χ3n) is 3.74. The van der Waals surface area contributed by atoms with Crippen LogP contribution in [-0.4, -0.2) is 28.3 Å². The Labute approximate surface area is 108 Å². The van der Waals surface area contributed by atoms with E-state index >= 15 is 0 Å². The Hall–Kier alpha value is -0.870. The number of oxime groups is 1. The van der Waals surface area contributed by atoms with Crippen molar-refractivity contribution in [2.75, 3.05) is 0 Å². The summed E-state index contributed by atoms with van der Waals surface area (Å²) in [4.78, 5) is 5.06. The van der Waals surface area contributed by atoms with Crippen molar-refractivity contribution in [1.29, 1.82) is 0 Å². The van der Waals surface area contributed by atoms with E-state index < -0.39 is 12.4 Å². The van der Waals surface area contributed by atoms with E-state index in [2.05, 4.69) is 11.2 Å². The highest BCUT2D eigenvalue weighted by Gasteiger charge is 2.27. The summed E-state index contributed by atoms with van der Waals surface area (Å²) in [7, 11) is 0. The van der Waals surface area contributed by atoms with Gasteiger partial charge in [0.1, 0.15) is 6.10 Å². The van der Waals surface area contributed by atoms with E-state index in [4.69, 9.17) is 4.84 Å². The molecular weight excluding hydrogens is 230 g/mol. The van der Waals surface area contributed by atoms with Gasteiger partial charge in [0, 0.05) is 5.92 Å². The van der Waals surface area contributed by atoms with Gasteiger partial charge in [-0.1, -0.05) is 23.7 Å². The highest BCUT2D eigenvalue weighted by Crippen LogP contribution is 2.23. The van der Waals surface area contributed by atoms with Gasteiger partial charge in [-0.05, 0) is 44.9 Å². The molecule has 0 spiro atoms. The summed E-state index contributed by atoms with van der Waals surface area (Å²) in [6.45, 7) is 0. The molecule has 0 radical (unpaired) electrons. The molecule has 1 saturated carbocycles. The molecule has 1 fully saturated rings. The largest absolute Gasteiger partial charge is 0.386 e. The lowest BCUT2D eigenvalue weighted by atomic mass is 9.91. The fourth-order valence-electron chi connectivity index (χ4n) is 2.58. The Morgan fingerprint density at radius 1 is 1.17 bits per heavy atom. The molecule has 3 atom stereocenters. The van der Waals surface area contributed by atoms with Crippen LogP contribution in [0.4, 0.5) is 0 Å². The average Bonchev–Trinajstić information content (AvgIpc) is 2.46. The zero-order valence-corrected chi connectivity index (χ0v) is 10.8. The van der Waals surface area contributed by atoms with Gasteiger partial charge < -0.3 is 15.1 Å². The predicted octanol–water partition coefficient (Wildman–Crippen LogP) is 2.36. The second-order valence-electron chi connectivity index (χ2n) is 5.23. The van der Waals surface area contributed by atoms with Gasteiger partial charge in [-0.3, -0.25) is 0 Å². The monoisotopic (exact) mass is 253 g/mol. The van der Waals surface area contributed by atoms with Crippen molar-refractivity contribution in [2.45, 2.75) is 63.8 Å². The number of allylic oxidation sites excluding steroid dienone is 1. The Morgan fingerprint density at radius 3 is 2.61 bits per heavy atom. The van der Waals surface area contributed by atoms with Crippen LogP contribution in [0, 0.1) is 5.92 Å². The first kappa shape index (κ1) is 13.6. The summed E-state index contributed by atoms with van der Waals surface area (Å²) < 4.78 is 0. The van der Waals surface area contributed by atoms with E-state index in [9.17, 15) is 10.2 Å². The van der Waals surface area contributed by atoms with Crippen LogP contribution >= 0.6 is 0 Å². The maximum atomic E-state index is 9.98. The van der Waals surface area contributed by atoms with E-state index in [1.54, 1.807) is 0 Å². The molecule has 4 nitrogen and oxygen atoms in total. The van der Waals surface area contributed by atoms with Gasteiger partial charge >= 0.3 is 0 Å². The molecule has 3 unspecified atom stereocenters. The maximum absolute atomic E-state index is 9.98. The molecule has 2 aliphatic rings. The molecule has 0 heterocycles. The Morgan fingerprint density at radius 2 is 1.94 bits per heavy atom. The smallest absolute Gasteiger partial charge is 0.251 e. The number of aliphatic hydroxyl groups excluding tert-OH is 2. The van der Waals surface area contributed by atoms with Crippen molar-refractivity contribution in [1.82, 2.24) is 0 Å². The minimum absolute atomic E-state index is 0.0136. The molecule has 0 saturated heterocycles. The van der Waals surface area contributed by atoms with Crippen molar-refractivity contribution in [3.05, 3.63) is 12.2 Å². The molecule has 0 aromatic carbocycles. The second kappa shape index (κ2) is 6.90. The third kappa shape index (κ3) is 3.82. The van der Waals surface area contributed by atoms with Gasteiger partial charge in [-0.25, -0.2) is 0 Å². The zero-order chi connectivity index (χ0) is 12.8. The summed E-state index contributed by atoms with van der Waals surface area (Å²) in [5, 5.41) is 23.7. The van der Waals surface area contributed by atoms with Crippen LogP contribution in [0.15, 0.2) is 17.3 Å². The lowest BCUT2D eigenvalue weighted by Crippen LogP contribution is -2.34. The van der Waals surface area contributed by atoms with Crippen LogP contribution in [0.25, 0.3) is 0 Å². The fourth-order valence-corrected chi connectivity index (χ4v) is 2.58. The molecule has 0 amide bonds. The van der Waals surface area contributed by atoms with Crippen LogP contribution in [0.1, 0.15) is 51.4 Å². The van der Waals surface area contributed by atoms with Gasteiger partial charge in [-0.2, -0.15) is 0 Å². The van der Waals surface area contributed by atoms with Gasteiger partial charge in [-0.15, -0.1) is 0 Å². The van der Waals surface area contributed by atoms with Gasteiger partial charge in [0.05, 0.1) is 5.71 Å². The summed E-state index contributed by atoms with van der Waals surface area (Å²) in [6, 6.07) is 0. The molecular formula is C14H23NO3. The van der Waals surface area contributed by atoms with E-state index in [1.807, 2.05) is 6.08 Å². The topological polar surface area (TPSA) is 62.0 Å². The normalized spacial score (nSPS) is 27.7. The maximum Gasteiger partial charge on any atom is 0.251 e. The van der Waals surface area contributed by atoms with Crippen LogP contribution in [0.5, 0.6) is 0 Å². The first-order valence-corrected chi connectivity index (χ1v) is 7.02. The average molecular weight is 253 g/mol. The standard InChI is InChI=1S/C14H23NO3/c16-13(11-7-3-1-4-8-11)14(17)18-15-12-9-5-2-6-10-12/h3,7,11,13-14,16-17H,1-2,4-6,8-10H2. The molecule has 4 heteroatoms. The molecule has 2 rings (SSSR count). The molecule has 102 valence electrons. The highest BCUT2D eigenvalue weighted by atomic mass is 16.7. The number of nitrogens with zero attached hydrogens (tertiary/aromatic N) is 1. The second-order valence-corrected chi connectivity index (χ2v) is 5.23. The molecule has 0 bridgehead atoms. The Kier molecular flexibility index (Phi) is 5.20. The molecule has 18 heavy (non-hydrogen) atoms. The number of hydrogen-bond acceptors (Lipinski definition) is 4. The lowest BCUT2D eigenvalue weighted by Gasteiger charge is -2.25. The van der Waals surface area contributed by atoms with Crippen molar-refractivity contribution in [3.8, 4) is 0 Å². The minimum atomic E-state index is -1.22. The fraction of sp³-hybridized carbons (Fsp3) is 0.786. The Balaban J connectivity index is 1.80. The molecule has 2 aliphatic carbocycles. The summed E-state index contributed by atoms with van der Waals surface area (Å²) >= 11 is 0. The summed E-state index contributed by atoms with van der Waals surface area (Å²) in [6.07, 6.45) is 10.4. The van der Waals surface area contributed by atoms with Crippen molar-refractivity contribution < 1.29 is 15.1 Å². The van der Waals surface area contributed by atoms with E-state index in [-0.39, 0.29) is 5.92 Å². The van der Waals surface area contributed by atoms with Crippen molar-refractivity contribution in [2.24, 2.45) is 11.1 Å². The van der Waals surface area contributed by atoms with Crippen molar-refractivity contribution in [3.63, 3.8) is 0 Å². The molecule has 0 aromatic heterocycles. The van der Waals surface area contributed by atoms with E-state index in [0.717, 1.165) is 50.7 Å². The van der Waals surface area contributed by atoms with Crippen LogP contribution in [0.2, 0.25) is 0 Å². The highest BCUT2D eigenvalue weighted by molar-refractivity contribution is 5.84. The Bertz CT molecular complexity index is 306. The van der Waals surface area contributed by atoms with Gasteiger partial charge in [0.2, 0.25) is 0 Å². The number of hydrogen-bond donors (Lipinski definition) is 2. The van der Waals surface area contributed by atoms with Gasteiger partial charge in [0.15, 0.2) is 0 Å². The SMILES string of the molecule is OC(ON=C1CCCCC1)C(O)C1C=CCCC1. The minimum Gasteiger partial charge on any atom is -0.386 e. The molecule has 0 aromatic rings. The quantitative estimate of drug-likeness (QED) is 0.459. The van der Waals surface area contributed by atoms with E-state index in [1.165, 1.54) is 6.42 Å². The zero-order valence-electron chi connectivity index (χ0n) is 10.8. The lowest BCUT2D eigenvalue weighted by molar-refractivity contribution is -0.172. The van der Waals surface area contributed by atoms with Gasteiger partial charge in [0.25, 0.3) is 6.29 Å². The molecule has 2 N–H and O–H groups in total. The summed E-state index contributed by atoms with van der Waals surface area (Å²) in [5.41, 5.74) is 1.01. The molecule has 0 aliphatic heterocycles.